The van der Waals surface area contributed by atoms with Crippen LogP contribution < -0.4 is 10.6 Å². The zero-order chi connectivity index (χ0) is 13.4. The third-order valence-electron chi connectivity index (χ3n) is 2.17. The van der Waals surface area contributed by atoms with E-state index in [0.29, 0.717) is 0 Å². The maximum Gasteiger partial charge on any atom is 0.326 e. The molecular weight excluding hydrogens is 240 g/mol. The van der Waals surface area contributed by atoms with Crippen LogP contribution in [0, 0.1) is 5.92 Å². The second kappa shape index (κ2) is 8.22. The number of nitrogens with one attached hydrogen (secondary N) is 2. The molecule has 100 valence electrons. The Labute approximate surface area is 107 Å². The second-order valence-electron chi connectivity index (χ2n) is 4.24. The van der Waals surface area contributed by atoms with Crippen LogP contribution in [0.3, 0.4) is 0 Å². The van der Waals surface area contributed by atoms with Gasteiger partial charge in [-0.05, 0) is 18.6 Å². The highest BCUT2D eigenvalue weighted by Crippen LogP contribution is 2.03. The normalized spacial score (nSPS) is 14.2. The maximum absolute atomic E-state index is 11.5. The number of carboxylic acids is 1. The molecule has 0 bridgehead atoms. The molecule has 0 aliphatic heterocycles. The first-order valence-corrected chi connectivity index (χ1v) is 6.91. The molecule has 0 saturated heterocycles. The number of rotatable bonds is 7. The number of amides is 2. The third kappa shape index (κ3) is 7.10. The molecule has 0 radical (unpaired) electrons. The summed E-state index contributed by atoms with van der Waals surface area (Å²) in [5, 5.41) is 14.1. The van der Waals surface area contributed by atoms with Crippen molar-refractivity contribution in [3.8, 4) is 0 Å². The Morgan fingerprint density at radius 2 is 1.82 bits per heavy atom. The van der Waals surface area contributed by atoms with E-state index in [1.54, 1.807) is 25.6 Å². The topological polar surface area (TPSA) is 78.4 Å². The van der Waals surface area contributed by atoms with E-state index in [9.17, 15) is 9.59 Å². The average Bonchev–Trinajstić information content (AvgIpc) is 2.22. The van der Waals surface area contributed by atoms with Gasteiger partial charge >= 0.3 is 12.0 Å². The van der Waals surface area contributed by atoms with Gasteiger partial charge in [0.1, 0.15) is 6.04 Å². The van der Waals surface area contributed by atoms with Gasteiger partial charge in [-0.25, -0.2) is 9.59 Å². The zero-order valence-electron chi connectivity index (χ0n) is 10.8. The molecule has 0 rings (SSSR count). The smallest absolute Gasteiger partial charge is 0.326 e. The van der Waals surface area contributed by atoms with Crippen LogP contribution in [-0.2, 0) is 4.79 Å². The first kappa shape index (κ1) is 16.1. The van der Waals surface area contributed by atoms with Crippen molar-refractivity contribution in [3.63, 3.8) is 0 Å². The molecule has 0 aromatic carbocycles. The summed E-state index contributed by atoms with van der Waals surface area (Å²) in [7, 11) is 0. The Morgan fingerprint density at radius 1 is 1.24 bits per heavy atom. The molecule has 0 heterocycles. The first-order valence-electron chi connectivity index (χ1n) is 5.76. The van der Waals surface area contributed by atoms with Gasteiger partial charge in [0, 0.05) is 11.8 Å². The fraction of sp³-hybridized carbons (Fsp3) is 0.818. The van der Waals surface area contributed by atoms with Crippen molar-refractivity contribution in [2.45, 2.75) is 39.8 Å². The predicted octanol–water partition coefficient (Wildman–Crippen LogP) is 1.54. The van der Waals surface area contributed by atoms with Gasteiger partial charge in [-0.1, -0.05) is 20.8 Å². The zero-order valence-corrected chi connectivity index (χ0v) is 11.6. The van der Waals surface area contributed by atoms with E-state index in [4.69, 9.17) is 5.11 Å². The monoisotopic (exact) mass is 262 g/mol. The van der Waals surface area contributed by atoms with Crippen molar-refractivity contribution in [2.75, 3.05) is 11.5 Å². The number of aliphatic carboxylic acids is 1. The summed E-state index contributed by atoms with van der Waals surface area (Å²) in [6.07, 6.45) is 0. The largest absolute Gasteiger partial charge is 0.480 e. The minimum atomic E-state index is -1.01. The van der Waals surface area contributed by atoms with E-state index < -0.39 is 18.0 Å². The number of hydrogen-bond acceptors (Lipinski definition) is 3. The van der Waals surface area contributed by atoms with E-state index in [-0.39, 0.29) is 12.0 Å². The lowest BCUT2D eigenvalue weighted by Gasteiger charge is -2.20. The SMILES string of the molecule is CCSCC(C)NC(=O)NC(C(=O)O)C(C)C. The molecule has 0 aromatic heterocycles. The lowest BCUT2D eigenvalue weighted by Crippen LogP contribution is -2.50. The molecule has 0 aliphatic rings. The van der Waals surface area contributed by atoms with Gasteiger partial charge < -0.3 is 15.7 Å². The van der Waals surface area contributed by atoms with Crippen LogP contribution in [-0.4, -0.2) is 40.7 Å². The van der Waals surface area contributed by atoms with Gasteiger partial charge in [0.2, 0.25) is 0 Å². The molecule has 2 atom stereocenters. The van der Waals surface area contributed by atoms with Gasteiger partial charge in [0.25, 0.3) is 0 Å². The Hall–Kier alpha value is -0.910. The Morgan fingerprint density at radius 3 is 2.24 bits per heavy atom. The number of carbonyl (C=O) groups is 2. The number of carbonyl (C=O) groups excluding carboxylic acids is 1. The molecule has 0 fully saturated rings. The number of carboxylic acid groups (broad SMARTS) is 1. The molecule has 0 saturated carbocycles. The van der Waals surface area contributed by atoms with Crippen molar-refractivity contribution in [3.05, 3.63) is 0 Å². The number of thioether (sulfide) groups is 1. The van der Waals surface area contributed by atoms with Crippen molar-refractivity contribution < 1.29 is 14.7 Å². The van der Waals surface area contributed by atoms with Gasteiger partial charge in [0.05, 0.1) is 0 Å². The fourth-order valence-corrected chi connectivity index (χ4v) is 1.93. The molecule has 0 aliphatic carbocycles. The molecule has 0 aromatic rings. The average molecular weight is 262 g/mol. The Kier molecular flexibility index (Phi) is 7.78. The van der Waals surface area contributed by atoms with Crippen LogP contribution in [0.25, 0.3) is 0 Å². The summed E-state index contributed by atoms with van der Waals surface area (Å²) in [4.78, 5) is 22.4. The molecule has 2 amide bonds. The van der Waals surface area contributed by atoms with E-state index in [1.807, 2.05) is 6.92 Å². The first-order chi connectivity index (χ1) is 7.88. The van der Waals surface area contributed by atoms with Crippen LogP contribution in [0.15, 0.2) is 0 Å². The van der Waals surface area contributed by atoms with Crippen LogP contribution >= 0.6 is 11.8 Å². The minimum absolute atomic E-state index is 0.0292. The summed E-state index contributed by atoms with van der Waals surface area (Å²) >= 11 is 1.73. The quantitative estimate of drug-likeness (QED) is 0.650. The van der Waals surface area contributed by atoms with Gasteiger partial charge in [-0.3, -0.25) is 0 Å². The standard InChI is InChI=1S/C11H22N2O3S/c1-5-17-6-8(4)12-11(16)13-9(7(2)3)10(14)15/h7-9H,5-6H2,1-4H3,(H,14,15)(H2,12,13,16). The van der Waals surface area contributed by atoms with E-state index >= 15 is 0 Å². The number of urea groups is 1. The predicted molar refractivity (Wildman–Crippen MR) is 70.4 cm³/mol. The van der Waals surface area contributed by atoms with Crippen molar-refractivity contribution in [1.82, 2.24) is 10.6 Å². The summed E-state index contributed by atoms with van der Waals surface area (Å²) in [6, 6.07) is -1.24. The van der Waals surface area contributed by atoms with Gasteiger partial charge in [-0.15, -0.1) is 0 Å². The highest BCUT2D eigenvalue weighted by atomic mass is 32.2. The molecular formula is C11H22N2O3S. The van der Waals surface area contributed by atoms with Gasteiger partial charge in [-0.2, -0.15) is 11.8 Å². The Balaban J connectivity index is 4.10. The van der Waals surface area contributed by atoms with Crippen LogP contribution in [0.1, 0.15) is 27.7 Å². The minimum Gasteiger partial charge on any atom is -0.480 e. The molecule has 2 unspecified atom stereocenters. The third-order valence-corrected chi connectivity index (χ3v) is 3.31. The Bertz CT molecular complexity index is 259. The highest BCUT2D eigenvalue weighted by Gasteiger charge is 2.23. The van der Waals surface area contributed by atoms with E-state index in [1.165, 1.54) is 0 Å². The molecule has 5 nitrogen and oxygen atoms in total. The molecule has 3 N–H and O–H groups in total. The van der Waals surface area contributed by atoms with Crippen molar-refractivity contribution in [1.29, 1.82) is 0 Å². The fourth-order valence-electron chi connectivity index (χ4n) is 1.26. The summed E-state index contributed by atoms with van der Waals surface area (Å²) < 4.78 is 0. The van der Waals surface area contributed by atoms with Crippen molar-refractivity contribution in [2.24, 2.45) is 5.92 Å². The second-order valence-corrected chi connectivity index (χ2v) is 5.56. The highest BCUT2D eigenvalue weighted by molar-refractivity contribution is 7.99. The molecule has 0 spiro atoms. The van der Waals surface area contributed by atoms with Crippen LogP contribution in [0.5, 0.6) is 0 Å². The maximum atomic E-state index is 11.5. The van der Waals surface area contributed by atoms with Crippen molar-refractivity contribution >= 4 is 23.8 Å². The van der Waals surface area contributed by atoms with E-state index in [0.717, 1.165) is 11.5 Å². The summed E-state index contributed by atoms with van der Waals surface area (Å²) in [5.41, 5.74) is 0. The molecule has 6 heteroatoms. The number of hydrogen-bond donors (Lipinski definition) is 3. The van der Waals surface area contributed by atoms with Gasteiger partial charge in [0.15, 0.2) is 0 Å². The van der Waals surface area contributed by atoms with E-state index in [2.05, 4.69) is 17.6 Å². The summed E-state index contributed by atoms with van der Waals surface area (Å²) in [5.74, 6) is 0.671. The summed E-state index contributed by atoms with van der Waals surface area (Å²) in [6.45, 7) is 7.47. The van der Waals surface area contributed by atoms with Crippen LogP contribution in [0.2, 0.25) is 0 Å². The van der Waals surface area contributed by atoms with Crippen LogP contribution in [0.4, 0.5) is 4.79 Å². The lowest BCUT2D eigenvalue weighted by atomic mass is 10.1. The lowest BCUT2D eigenvalue weighted by molar-refractivity contribution is -0.140. The molecule has 17 heavy (non-hydrogen) atoms.